The number of aliphatic carboxylic acids is 1. The lowest BCUT2D eigenvalue weighted by Gasteiger charge is -2.25. The van der Waals surface area contributed by atoms with E-state index in [-0.39, 0.29) is 31.3 Å². The molecule has 2 aromatic rings. The summed E-state index contributed by atoms with van der Waals surface area (Å²) in [6.07, 6.45) is 3.17. The number of aromatic nitrogens is 2. The number of hydrogen-bond donors (Lipinski definition) is 1. The number of rotatable bonds is 4. The summed E-state index contributed by atoms with van der Waals surface area (Å²) in [7, 11) is 0. The van der Waals surface area contributed by atoms with Gasteiger partial charge < -0.3 is 14.9 Å². The van der Waals surface area contributed by atoms with E-state index in [1.807, 2.05) is 4.90 Å². The van der Waals surface area contributed by atoms with Crippen molar-refractivity contribution in [1.82, 2.24) is 14.9 Å². The minimum Gasteiger partial charge on any atom is -0.481 e. The molecule has 0 aliphatic carbocycles. The predicted octanol–water partition coefficient (Wildman–Crippen LogP) is 1.21. The topological polar surface area (TPSA) is 86.6 Å². The van der Waals surface area contributed by atoms with Crippen LogP contribution in [0.2, 0.25) is 0 Å². The highest BCUT2D eigenvalue weighted by atomic mass is 19.1. The first-order valence-corrected chi connectivity index (χ1v) is 8.76. The fraction of sp³-hybridized carbons (Fsp3) is 0.368. The second-order valence-corrected chi connectivity index (χ2v) is 7.13. The second-order valence-electron chi connectivity index (χ2n) is 7.13. The Bertz CT molecular complexity index is 878. The third-order valence-corrected chi connectivity index (χ3v) is 5.52. The van der Waals surface area contributed by atoms with Crippen molar-refractivity contribution in [3.05, 3.63) is 54.1 Å². The van der Waals surface area contributed by atoms with E-state index in [9.17, 15) is 19.1 Å². The number of halogens is 1. The first-order chi connectivity index (χ1) is 13.0. The van der Waals surface area contributed by atoms with Gasteiger partial charge in [-0.2, -0.15) is 0 Å². The van der Waals surface area contributed by atoms with Crippen LogP contribution in [0, 0.1) is 17.2 Å². The molecular formula is C19H19FN4O3. The number of carbonyl (C=O) groups is 2. The SMILES string of the molecule is O=C(Cc1ccccc1F)N1C[C@@H]2CN(c3ncccn3)C[C@]2(C(=O)O)C1. The van der Waals surface area contributed by atoms with Crippen LogP contribution in [0.4, 0.5) is 10.3 Å². The number of carboxylic acid groups (broad SMARTS) is 1. The zero-order valence-electron chi connectivity index (χ0n) is 14.6. The molecule has 2 aliphatic rings. The molecule has 1 amide bonds. The van der Waals surface area contributed by atoms with Crippen molar-refractivity contribution >= 4 is 17.8 Å². The molecule has 8 heteroatoms. The van der Waals surface area contributed by atoms with Crippen LogP contribution in [0.1, 0.15) is 5.56 Å². The maximum atomic E-state index is 13.8. The Morgan fingerprint density at radius 3 is 2.56 bits per heavy atom. The molecule has 2 aliphatic heterocycles. The summed E-state index contributed by atoms with van der Waals surface area (Å²) < 4.78 is 13.8. The molecule has 4 rings (SSSR count). The average Bonchev–Trinajstić information content (AvgIpc) is 3.20. The van der Waals surface area contributed by atoms with Crippen LogP contribution in [0.25, 0.3) is 0 Å². The summed E-state index contributed by atoms with van der Waals surface area (Å²) in [5.74, 6) is -1.32. The van der Waals surface area contributed by atoms with Crippen molar-refractivity contribution in [2.45, 2.75) is 6.42 Å². The summed E-state index contributed by atoms with van der Waals surface area (Å²) in [5.41, 5.74) is -0.729. The van der Waals surface area contributed by atoms with E-state index in [4.69, 9.17) is 0 Å². The van der Waals surface area contributed by atoms with Gasteiger partial charge in [-0.3, -0.25) is 9.59 Å². The number of amides is 1. The number of anilines is 1. The Morgan fingerprint density at radius 2 is 1.89 bits per heavy atom. The molecule has 1 aromatic heterocycles. The lowest BCUT2D eigenvalue weighted by Crippen LogP contribution is -2.42. The number of likely N-dealkylation sites (tertiary alicyclic amines) is 1. The molecule has 0 saturated carbocycles. The highest BCUT2D eigenvalue weighted by Gasteiger charge is 2.59. The molecule has 3 heterocycles. The Hall–Kier alpha value is -3.03. The minimum absolute atomic E-state index is 0.0688. The van der Waals surface area contributed by atoms with Crippen molar-refractivity contribution in [3.8, 4) is 0 Å². The quantitative estimate of drug-likeness (QED) is 0.871. The Kier molecular flexibility index (Phi) is 4.25. The maximum absolute atomic E-state index is 13.8. The summed E-state index contributed by atoms with van der Waals surface area (Å²) in [4.78, 5) is 36.5. The van der Waals surface area contributed by atoms with Gasteiger partial charge in [0.05, 0.1) is 6.42 Å². The maximum Gasteiger partial charge on any atom is 0.313 e. The van der Waals surface area contributed by atoms with Gasteiger partial charge in [0, 0.05) is 44.5 Å². The van der Waals surface area contributed by atoms with Gasteiger partial charge in [0.1, 0.15) is 11.2 Å². The van der Waals surface area contributed by atoms with Crippen molar-refractivity contribution in [3.63, 3.8) is 0 Å². The molecule has 1 N–H and O–H groups in total. The molecule has 27 heavy (non-hydrogen) atoms. The molecule has 140 valence electrons. The summed E-state index contributed by atoms with van der Waals surface area (Å²) in [5, 5.41) is 9.91. The van der Waals surface area contributed by atoms with E-state index in [1.54, 1.807) is 41.6 Å². The fourth-order valence-corrected chi connectivity index (χ4v) is 4.08. The van der Waals surface area contributed by atoms with Crippen molar-refractivity contribution in [1.29, 1.82) is 0 Å². The average molecular weight is 370 g/mol. The second kappa shape index (κ2) is 6.61. The van der Waals surface area contributed by atoms with E-state index in [1.165, 1.54) is 6.07 Å². The van der Waals surface area contributed by atoms with Crippen LogP contribution in [0.5, 0.6) is 0 Å². The van der Waals surface area contributed by atoms with Gasteiger partial charge in [0.2, 0.25) is 11.9 Å². The monoisotopic (exact) mass is 370 g/mol. The largest absolute Gasteiger partial charge is 0.481 e. The summed E-state index contributed by atoms with van der Waals surface area (Å²) in [6.45, 7) is 1.17. The highest BCUT2D eigenvalue weighted by Crippen LogP contribution is 2.43. The van der Waals surface area contributed by atoms with E-state index in [2.05, 4.69) is 9.97 Å². The van der Waals surface area contributed by atoms with Crippen molar-refractivity contribution in [2.75, 3.05) is 31.1 Å². The number of nitrogens with zero attached hydrogens (tertiary/aromatic N) is 4. The molecule has 2 atom stereocenters. The molecular weight excluding hydrogens is 351 g/mol. The van der Waals surface area contributed by atoms with Crippen molar-refractivity contribution < 1.29 is 19.1 Å². The number of benzene rings is 1. The van der Waals surface area contributed by atoms with Crippen LogP contribution in [-0.4, -0.2) is 58.0 Å². The zero-order chi connectivity index (χ0) is 19.0. The van der Waals surface area contributed by atoms with Gasteiger partial charge in [-0.1, -0.05) is 18.2 Å². The van der Waals surface area contributed by atoms with Crippen LogP contribution >= 0.6 is 0 Å². The van der Waals surface area contributed by atoms with Crippen LogP contribution in [0.15, 0.2) is 42.7 Å². The lowest BCUT2D eigenvalue weighted by atomic mass is 9.81. The first kappa shape index (κ1) is 17.4. The van der Waals surface area contributed by atoms with Gasteiger partial charge in [-0.15, -0.1) is 0 Å². The minimum atomic E-state index is -1.05. The van der Waals surface area contributed by atoms with E-state index in [0.717, 1.165) is 0 Å². The molecule has 0 bridgehead atoms. The van der Waals surface area contributed by atoms with E-state index >= 15 is 0 Å². The number of hydrogen-bond acceptors (Lipinski definition) is 5. The first-order valence-electron chi connectivity index (χ1n) is 8.76. The summed E-state index contributed by atoms with van der Waals surface area (Å²) >= 11 is 0. The molecule has 2 saturated heterocycles. The predicted molar refractivity (Wildman–Crippen MR) is 94.5 cm³/mol. The number of fused-ring (bicyclic) bond motifs is 1. The number of carbonyl (C=O) groups excluding carboxylic acids is 1. The Balaban J connectivity index is 1.51. The standard InChI is InChI=1S/C19H19FN4O3/c20-15-5-2-1-4-13(15)8-16(25)23-9-14-10-24(18-21-6-3-7-22-18)12-19(14,11-23)17(26)27/h1-7,14H,8-12H2,(H,26,27)/t14-,19-/m1/s1. The lowest BCUT2D eigenvalue weighted by molar-refractivity contribution is -0.148. The van der Waals surface area contributed by atoms with Gasteiger partial charge >= 0.3 is 5.97 Å². The van der Waals surface area contributed by atoms with Crippen molar-refractivity contribution in [2.24, 2.45) is 11.3 Å². The van der Waals surface area contributed by atoms with Crippen LogP contribution in [-0.2, 0) is 16.0 Å². The zero-order valence-corrected chi connectivity index (χ0v) is 14.6. The molecule has 0 spiro atoms. The van der Waals surface area contributed by atoms with Gasteiger partial charge in [0.15, 0.2) is 0 Å². The van der Waals surface area contributed by atoms with Gasteiger partial charge in [0.25, 0.3) is 0 Å². The van der Waals surface area contributed by atoms with E-state index < -0.39 is 17.2 Å². The van der Waals surface area contributed by atoms with Crippen LogP contribution < -0.4 is 4.90 Å². The van der Waals surface area contributed by atoms with Crippen LogP contribution in [0.3, 0.4) is 0 Å². The van der Waals surface area contributed by atoms with Gasteiger partial charge in [-0.25, -0.2) is 14.4 Å². The van der Waals surface area contributed by atoms with Gasteiger partial charge in [-0.05, 0) is 17.7 Å². The fourth-order valence-electron chi connectivity index (χ4n) is 4.08. The molecule has 0 unspecified atom stereocenters. The summed E-state index contributed by atoms with van der Waals surface area (Å²) in [6, 6.07) is 7.85. The molecule has 7 nitrogen and oxygen atoms in total. The smallest absolute Gasteiger partial charge is 0.313 e. The highest BCUT2D eigenvalue weighted by molar-refractivity contribution is 5.83. The normalized spacial score (nSPS) is 24.1. The molecule has 2 fully saturated rings. The Labute approximate surface area is 155 Å². The third-order valence-electron chi connectivity index (χ3n) is 5.52. The molecule has 1 aromatic carbocycles. The Morgan fingerprint density at radius 1 is 1.15 bits per heavy atom. The third kappa shape index (κ3) is 3.01. The molecule has 0 radical (unpaired) electrons. The number of carboxylic acids is 1. The van der Waals surface area contributed by atoms with E-state index in [0.29, 0.717) is 24.6 Å².